The number of fused-ring (bicyclic) bond motifs is 1. The van der Waals surface area contributed by atoms with Crippen LogP contribution in [0.3, 0.4) is 0 Å². The van der Waals surface area contributed by atoms with Crippen LogP contribution in [0.4, 0.5) is 0 Å². The van der Waals surface area contributed by atoms with Gasteiger partial charge in [0.15, 0.2) is 5.78 Å². The van der Waals surface area contributed by atoms with Gasteiger partial charge < -0.3 is 9.47 Å². The lowest BCUT2D eigenvalue weighted by atomic mass is 9.66. The van der Waals surface area contributed by atoms with Gasteiger partial charge in [0.25, 0.3) is 0 Å². The molecule has 2 aliphatic rings. The molecule has 0 aromatic heterocycles. The van der Waals surface area contributed by atoms with Gasteiger partial charge in [-0.1, -0.05) is 12.1 Å². The van der Waals surface area contributed by atoms with E-state index in [1.165, 1.54) is 0 Å². The first-order valence-electron chi connectivity index (χ1n) is 6.48. The van der Waals surface area contributed by atoms with E-state index in [9.17, 15) is 9.59 Å². The molecule has 0 radical (unpaired) electrons. The maximum Gasteiger partial charge on any atom is 0.178 e. The summed E-state index contributed by atoms with van der Waals surface area (Å²) in [5.74, 6) is 0.836. The zero-order chi connectivity index (χ0) is 13.5. The number of ether oxygens (including phenoxy) is 2. The summed E-state index contributed by atoms with van der Waals surface area (Å²) in [7, 11) is 1.55. The third kappa shape index (κ3) is 1.78. The van der Waals surface area contributed by atoms with Crippen molar-refractivity contribution >= 4 is 11.6 Å². The fourth-order valence-corrected chi connectivity index (χ4v) is 3.08. The van der Waals surface area contributed by atoms with Gasteiger partial charge in [-0.3, -0.25) is 9.59 Å². The van der Waals surface area contributed by atoms with E-state index in [4.69, 9.17) is 9.47 Å². The van der Waals surface area contributed by atoms with E-state index < -0.39 is 5.41 Å². The molecule has 4 heteroatoms. The van der Waals surface area contributed by atoms with Gasteiger partial charge in [0.05, 0.1) is 17.1 Å². The fraction of sp³-hybridized carbons (Fsp3) is 0.467. The highest BCUT2D eigenvalue weighted by Crippen LogP contribution is 2.44. The highest BCUT2D eigenvalue weighted by Gasteiger charge is 2.52. The average Bonchev–Trinajstić information content (AvgIpc) is 2.45. The molecular weight excluding hydrogens is 244 g/mol. The maximum atomic E-state index is 12.8. The number of hydrogen-bond acceptors (Lipinski definition) is 4. The van der Waals surface area contributed by atoms with Crippen LogP contribution >= 0.6 is 0 Å². The quantitative estimate of drug-likeness (QED) is 0.775. The summed E-state index contributed by atoms with van der Waals surface area (Å²) < 4.78 is 11.2. The highest BCUT2D eigenvalue weighted by atomic mass is 16.5. The Labute approximate surface area is 111 Å². The minimum Gasteiger partial charge on any atom is -0.492 e. The highest BCUT2D eigenvalue weighted by molar-refractivity contribution is 6.05. The van der Waals surface area contributed by atoms with E-state index in [1.807, 2.05) is 12.1 Å². The summed E-state index contributed by atoms with van der Waals surface area (Å²) in [5.41, 5.74) is -0.0954. The SMILES string of the molecule is COC1CC(=O)CCC12COc1ccccc1C2=O. The molecule has 0 bridgehead atoms. The van der Waals surface area contributed by atoms with Gasteiger partial charge in [-0.15, -0.1) is 0 Å². The van der Waals surface area contributed by atoms with Gasteiger partial charge >= 0.3 is 0 Å². The second-order valence-corrected chi connectivity index (χ2v) is 5.24. The van der Waals surface area contributed by atoms with Crippen molar-refractivity contribution < 1.29 is 19.1 Å². The number of hydrogen-bond donors (Lipinski definition) is 0. The van der Waals surface area contributed by atoms with E-state index in [-0.39, 0.29) is 17.7 Å². The molecule has 1 saturated carbocycles. The normalized spacial score (nSPS) is 30.1. The van der Waals surface area contributed by atoms with E-state index >= 15 is 0 Å². The lowest BCUT2D eigenvalue weighted by molar-refractivity contribution is -0.130. The third-order valence-corrected chi connectivity index (χ3v) is 4.23. The molecule has 100 valence electrons. The van der Waals surface area contributed by atoms with Gasteiger partial charge in [0.1, 0.15) is 18.1 Å². The molecule has 1 aliphatic heterocycles. The zero-order valence-corrected chi connectivity index (χ0v) is 10.8. The number of carbonyl (C=O) groups excluding carboxylic acids is 2. The lowest BCUT2D eigenvalue weighted by Gasteiger charge is -2.43. The fourth-order valence-electron chi connectivity index (χ4n) is 3.08. The minimum atomic E-state index is -0.697. The van der Waals surface area contributed by atoms with Crippen molar-refractivity contribution in [2.24, 2.45) is 5.41 Å². The second-order valence-electron chi connectivity index (χ2n) is 5.24. The van der Waals surface area contributed by atoms with Crippen molar-refractivity contribution in [1.29, 1.82) is 0 Å². The van der Waals surface area contributed by atoms with Gasteiger partial charge in [-0.05, 0) is 18.6 Å². The summed E-state index contributed by atoms with van der Waals surface area (Å²) in [6.07, 6.45) is 0.858. The molecule has 1 aliphatic carbocycles. The van der Waals surface area contributed by atoms with Crippen LogP contribution in [0.1, 0.15) is 29.6 Å². The summed E-state index contributed by atoms with van der Waals surface area (Å²) in [6.45, 7) is 0.300. The van der Waals surface area contributed by atoms with Crippen molar-refractivity contribution in [3.05, 3.63) is 29.8 Å². The van der Waals surface area contributed by atoms with E-state index in [2.05, 4.69) is 0 Å². The molecule has 0 amide bonds. The first kappa shape index (κ1) is 12.4. The Kier molecular flexibility index (Phi) is 2.90. The molecule has 2 unspecified atom stereocenters. The number of para-hydroxylation sites is 1. The molecule has 3 rings (SSSR count). The van der Waals surface area contributed by atoms with Crippen LogP contribution in [-0.2, 0) is 9.53 Å². The molecule has 0 saturated heterocycles. The van der Waals surface area contributed by atoms with Gasteiger partial charge in [-0.25, -0.2) is 0 Å². The average molecular weight is 260 g/mol. The van der Waals surface area contributed by atoms with Crippen LogP contribution in [0.25, 0.3) is 0 Å². The Bertz CT molecular complexity index is 537. The molecule has 1 aromatic rings. The molecule has 4 nitrogen and oxygen atoms in total. The Morgan fingerprint density at radius 2 is 2.11 bits per heavy atom. The Hall–Kier alpha value is -1.68. The number of benzene rings is 1. The van der Waals surface area contributed by atoms with Crippen LogP contribution < -0.4 is 4.74 Å². The number of ketones is 2. The van der Waals surface area contributed by atoms with Gasteiger partial charge in [0.2, 0.25) is 0 Å². The smallest absolute Gasteiger partial charge is 0.178 e. The summed E-state index contributed by atoms with van der Waals surface area (Å²) >= 11 is 0. The molecule has 1 aromatic carbocycles. The van der Waals surface area contributed by atoms with Crippen LogP contribution in [-0.4, -0.2) is 31.4 Å². The van der Waals surface area contributed by atoms with Gasteiger partial charge in [0, 0.05) is 20.0 Å². The number of methoxy groups -OCH3 is 1. The lowest BCUT2D eigenvalue weighted by Crippen LogP contribution is -2.53. The number of rotatable bonds is 1. The molecule has 1 heterocycles. The van der Waals surface area contributed by atoms with Crippen molar-refractivity contribution in [3.63, 3.8) is 0 Å². The standard InChI is InChI=1S/C15H16O4/c1-18-13-8-10(16)6-7-15(13)9-19-12-5-3-2-4-11(12)14(15)17/h2-5,13H,6-9H2,1H3. The Morgan fingerprint density at radius 1 is 1.32 bits per heavy atom. The van der Waals surface area contributed by atoms with Crippen LogP contribution in [0.2, 0.25) is 0 Å². The monoisotopic (exact) mass is 260 g/mol. The van der Waals surface area contributed by atoms with E-state index in [1.54, 1.807) is 19.2 Å². The summed E-state index contributed by atoms with van der Waals surface area (Å²) in [6, 6.07) is 7.26. The molecule has 1 fully saturated rings. The van der Waals surface area contributed by atoms with E-state index in [0.29, 0.717) is 37.2 Å². The third-order valence-electron chi connectivity index (χ3n) is 4.23. The first-order chi connectivity index (χ1) is 9.17. The topological polar surface area (TPSA) is 52.6 Å². The molecule has 2 atom stereocenters. The second kappa shape index (κ2) is 4.46. The zero-order valence-electron chi connectivity index (χ0n) is 10.8. The van der Waals surface area contributed by atoms with E-state index in [0.717, 1.165) is 0 Å². The molecule has 19 heavy (non-hydrogen) atoms. The molecular formula is C15H16O4. The van der Waals surface area contributed by atoms with Crippen LogP contribution in [0.15, 0.2) is 24.3 Å². The van der Waals surface area contributed by atoms with Crippen molar-refractivity contribution in [1.82, 2.24) is 0 Å². The largest absolute Gasteiger partial charge is 0.492 e. The predicted octanol–water partition coefficient (Wildman–Crippen LogP) is 2.02. The predicted molar refractivity (Wildman–Crippen MR) is 68.4 cm³/mol. The molecule has 1 spiro atoms. The summed E-state index contributed by atoms with van der Waals surface area (Å²) in [5, 5.41) is 0. The van der Waals surface area contributed by atoms with Crippen molar-refractivity contribution in [3.8, 4) is 5.75 Å². The minimum absolute atomic E-state index is 0.0497. The van der Waals surface area contributed by atoms with Gasteiger partial charge in [-0.2, -0.15) is 0 Å². The number of Topliss-reactive ketones (excluding diaryl/α,β-unsaturated/α-hetero) is 2. The Morgan fingerprint density at radius 3 is 2.89 bits per heavy atom. The van der Waals surface area contributed by atoms with Crippen molar-refractivity contribution in [2.75, 3.05) is 13.7 Å². The Balaban J connectivity index is 2.02. The maximum absolute atomic E-state index is 12.8. The first-order valence-corrected chi connectivity index (χ1v) is 6.48. The van der Waals surface area contributed by atoms with Crippen LogP contribution in [0, 0.1) is 5.41 Å². The van der Waals surface area contributed by atoms with Crippen LogP contribution in [0.5, 0.6) is 5.75 Å². The number of carbonyl (C=O) groups is 2. The molecule has 0 N–H and O–H groups in total. The van der Waals surface area contributed by atoms with Crippen molar-refractivity contribution in [2.45, 2.75) is 25.4 Å². The summed E-state index contributed by atoms with van der Waals surface area (Å²) in [4.78, 5) is 24.4.